The second kappa shape index (κ2) is 22.1. The summed E-state index contributed by atoms with van der Waals surface area (Å²) in [4.78, 5) is 33.8. The van der Waals surface area contributed by atoms with Crippen molar-refractivity contribution >= 4 is 40.0 Å². The number of rotatable bonds is 22. The average molecular weight is 762 g/mol. The molecular weight excluding hydrogens is 711 g/mol. The predicted molar refractivity (Wildman–Crippen MR) is 207 cm³/mol. The third-order valence-corrected chi connectivity index (χ3v) is 8.98. The SMILES string of the molecule is CCCCCCCCCCCCCCCCOC(=O)c1ccc(OC)c(NC(=O)C(/N=N/c2nc(C(F)(F)F)nc3ccccc23)=C(\O)c2ccccc2)c1. The maximum absolute atomic E-state index is 13.7. The van der Waals surface area contributed by atoms with Crippen molar-refractivity contribution in [2.45, 2.75) is 103 Å². The van der Waals surface area contributed by atoms with Crippen LogP contribution in [0.15, 0.2) is 88.7 Å². The van der Waals surface area contributed by atoms with E-state index in [4.69, 9.17) is 9.47 Å². The number of hydrogen-bond acceptors (Lipinski definition) is 9. The lowest BCUT2D eigenvalue weighted by Crippen LogP contribution is -2.16. The Kier molecular flexibility index (Phi) is 17.1. The summed E-state index contributed by atoms with van der Waals surface area (Å²) >= 11 is 0. The lowest BCUT2D eigenvalue weighted by atomic mass is 10.0. The van der Waals surface area contributed by atoms with Crippen LogP contribution in [-0.4, -0.2) is 40.7 Å². The summed E-state index contributed by atoms with van der Waals surface area (Å²) in [6, 6.07) is 18.2. The Hall–Kier alpha value is -5.33. The number of nitrogens with zero attached hydrogens (tertiary/aromatic N) is 4. The van der Waals surface area contributed by atoms with Crippen molar-refractivity contribution < 1.29 is 37.3 Å². The van der Waals surface area contributed by atoms with Crippen LogP contribution >= 0.6 is 0 Å². The zero-order chi connectivity index (χ0) is 39.5. The molecule has 0 aliphatic heterocycles. The van der Waals surface area contributed by atoms with Gasteiger partial charge in [-0.05, 0) is 36.8 Å². The van der Waals surface area contributed by atoms with Gasteiger partial charge >= 0.3 is 12.1 Å². The van der Waals surface area contributed by atoms with E-state index in [-0.39, 0.29) is 40.1 Å². The summed E-state index contributed by atoms with van der Waals surface area (Å²) in [5.74, 6) is -3.93. The van der Waals surface area contributed by atoms with Gasteiger partial charge in [-0.15, -0.1) is 10.2 Å². The Bertz CT molecular complexity index is 1900. The summed E-state index contributed by atoms with van der Waals surface area (Å²) in [7, 11) is 1.37. The monoisotopic (exact) mass is 761 g/mol. The predicted octanol–water partition coefficient (Wildman–Crippen LogP) is 11.9. The Balaban J connectivity index is 1.39. The molecule has 0 bridgehead atoms. The minimum absolute atomic E-state index is 0.0428. The number of benzene rings is 3. The smallest absolute Gasteiger partial charge is 0.451 e. The number of anilines is 1. The quantitative estimate of drug-likeness (QED) is 0.0267. The summed E-state index contributed by atoms with van der Waals surface area (Å²) in [5, 5.41) is 21.7. The van der Waals surface area contributed by atoms with Gasteiger partial charge in [0.05, 0.1) is 30.5 Å². The third-order valence-electron chi connectivity index (χ3n) is 8.98. The lowest BCUT2D eigenvalue weighted by Gasteiger charge is -2.13. The molecule has 10 nitrogen and oxygen atoms in total. The number of carbonyl (C=O) groups excluding carboxylic acids is 2. The molecule has 0 aliphatic rings. The summed E-state index contributed by atoms with van der Waals surface area (Å²) in [5.41, 5.74) is -0.302. The number of alkyl halides is 3. The zero-order valence-corrected chi connectivity index (χ0v) is 31.5. The topological polar surface area (TPSA) is 135 Å². The number of hydrogen-bond donors (Lipinski definition) is 2. The van der Waals surface area contributed by atoms with E-state index in [1.165, 1.54) is 120 Å². The molecule has 1 aromatic heterocycles. The number of aliphatic hydroxyl groups excluding tert-OH is 1. The molecule has 0 radical (unpaired) electrons. The average Bonchev–Trinajstić information content (AvgIpc) is 3.19. The molecule has 0 unspecified atom stereocenters. The second-order valence-electron chi connectivity index (χ2n) is 13.3. The fourth-order valence-electron chi connectivity index (χ4n) is 5.95. The van der Waals surface area contributed by atoms with Gasteiger partial charge < -0.3 is 19.9 Å². The van der Waals surface area contributed by atoms with Gasteiger partial charge in [-0.1, -0.05) is 133 Å². The largest absolute Gasteiger partial charge is 0.505 e. The van der Waals surface area contributed by atoms with Crippen LogP contribution < -0.4 is 10.1 Å². The number of aromatic nitrogens is 2. The number of azo groups is 1. The fraction of sp³-hybridized carbons (Fsp3) is 0.429. The molecule has 294 valence electrons. The molecule has 13 heteroatoms. The Labute approximate surface area is 320 Å². The number of carbonyl (C=O) groups is 2. The van der Waals surface area contributed by atoms with E-state index >= 15 is 0 Å². The van der Waals surface area contributed by atoms with Crippen LogP contribution in [0.1, 0.15) is 119 Å². The van der Waals surface area contributed by atoms with E-state index in [1.54, 1.807) is 24.3 Å². The molecule has 0 saturated heterocycles. The first kappa shape index (κ1) is 42.4. The number of unbranched alkanes of at least 4 members (excludes halogenated alkanes) is 13. The third kappa shape index (κ3) is 13.5. The maximum atomic E-state index is 13.7. The van der Waals surface area contributed by atoms with Gasteiger partial charge in [0.1, 0.15) is 5.75 Å². The number of para-hydroxylation sites is 1. The van der Waals surface area contributed by atoms with Crippen LogP contribution in [0.4, 0.5) is 24.7 Å². The van der Waals surface area contributed by atoms with Gasteiger partial charge in [-0.25, -0.2) is 14.8 Å². The number of ether oxygens (including phenoxy) is 2. The van der Waals surface area contributed by atoms with E-state index in [9.17, 15) is 27.9 Å². The molecular formula is C42H50F3N5O5. The number of nitrogens with one attached hydrogen (secondary N) is 1. The molecule has 0 saturated carbocycles. The Morgan fingerprint density at radius 2 is 1.36 bits per heavy atom. The van der Waals surface area contributed by atoms with Gasteiger partial charge in [0.15, 0.2) is 17.3 Å². The van der Waals surface area contributed by atoms with E-state index in [0.29, 0.717) is 0 Å². The zero-order valence-electron chi connectivity index (χ0n) is 31.5. The van der Waals surface area contributed by atoms with Crippen LogP contribution in [0.3, 0.4) is 0 Å². The van der Waals surface area contributed by atoms with Gasteiger partial charge in [-0.2, -0.15) is 13.2 Å². The first-order chi connectivity index (χ1) is 26.6. The van der Waals surface area contributed by atoms with Gasteiger partial charge in [-0.3, -0.25) is 4.79 Å². The molecule has 0 spiro atoms. The highest BCUT2D eigenvalue weighted by atomic mass is 19.4. The number of methoxy groups -OCH3 is 1. The van der Waals surface area contributed by atoms with Crippen molar-refractivity contribution in [2.24, 2.45) is 10.2 Å². The molecule has 0 fully saturated rings. The highest BCUT2D eigenvalue weighted by Gasteiger charge is 2.35. The van der Waals surface area contributed by atoms with E-state index < -0.39 is 41.2 Å². The van der Waals surface area contributed by atoms with E-state index in [2.05, 4.69) is 32.4 Å². The van der Waals surface area contributed by atoms with Crippen LogP contribution in [-0.2, 0) is 15.7 Å². The van der Waals surface area contributed by atoms with Gasteiger partial charge in [0.2, 0.25) is 5.82 Å². The van der Waals surface area contributed by atoms with Crippen LogP contribution in [0.5, 0.6) is 5.75 Å². The summed E-state index contributed by atoms with van der Waals surface area (Å²) < 4.78 is 51.8. The van der Waals surface area contributed by atoms with Crippen molar-refractivity contribution in [1.29, 1.82) is 0 Å². The molecule has 55 heavy (non-hydrogen) atoms. The van der Waals surface area contributed by atoms with E-state index in [1.807, 2.05) is 0 Å². The fourth-order valence-corrected chi connectivity index (χ4v) is 5.95. The number of esters is 1. The van der Waals surface area contributed by atoms with Crippen molar-refractivity contribution in [2.75, 3.05) is 19.0 Å². The molecule has 3 aromatic carbocycles. The minimum Gasteiger partial charge on any atom is -0.505 e. The highest BCUT2D eigenvalue weighted by molar-refractivity contribution is 6.08. The summed E-state index contributed by atoms with van der Waals surface area (Å²) in [6.07, 6.45) is 12.1. The minimum atomic E-state index is -4.88. The second-order valence-corrected chi connectivity index (χ2v) is 13.3. The molecule has 1 heterocycles. The highest BCUT2D eigenvalue weighted by Crippen LogP contribution is 2.33. The molecule has 2 N–H and O–H groups in total. The standard InChI is InChI=1S/C42H50F3N5O5/c1-3-4-5-6-7-8-9-10-11-12-13-14-15-21-28-55-40(53)31-26-27-35(54-2)34(29-31)46-39(52)36(37(51)30-22-17-16-18-23-30)49-50-38-32-24-19-20-25-33(32)47-41(48-38)42(43,44)45/h16-20,22-27,29,51H,3-15,21,28H2,1-2H3,(H,46,52)/b37-36+,50-49+. The van der Waals surface area contributed by atoms with Crippen molar-refractivity contribution in [3.8, 4) is 5.75 Å². The Morgan fingerprint density at radius 1 is 0.764 bits per heavy atom. The maximum Gasteiger partial charge on any atom is 0.451 e. The van der Waals surface area contributed by atoms with Crippen molar-refractivity contribution in [1.82, 2.24) is 9.97 Å². The van der Waals surface area contributed by atoms with E-state index in [0.717, 1.165) is 25.7 Å². The van der Waals surface area contributed by atoms with Crippen LogP contribution in [0, 0.1) is 0 Å². The molecule has 4 aromatic rings. The lowest BCUT2D eigenvalue weighted by molar-refractivity contribution is -0.144. The number of halogens is 3. The number of fused-ring (bicyclic) bond motifs is 1. The summed E-state index contributed by atoms with van der Waals surface area (Å²) in [6.45, 7) is 2.49. The number of aliphatic hydroxyl groups is 1. The molecule has 1 amide bonds. The van der Waals surface area contributed by atoms with Gasteiger partial charge in [0.25, 0.3) is 5.91 Å². The first-order valence-electron chi connectivity index (χ1n) is 19.0. The number of amides is 1. The van der Waals surface area contributed by atoms with Gasteiger partial charge in [0, 0.05) is 10.9 Å². The molecule has 0 atom stereocenters. The Morgan fingerprint density at radius 3 is 1.98 bits per heavy atom. The van der Waals surface area contributed by atoms with Crippen molar-refractivity contribution in [3.63, 3.8) is 0 Å². The molecule has 4 rings (SSSR count). The molecule has 0 aliphatic carbocycles. The van der Waals surface area contributed by atoms with Crippen molar-refractivity contribution in [3.05, 3.63) is 95.4 Å². The van der Waals surface area contributed by atoms with Crippen LogP contribution in [0.25, 0.3) is 16.7 Å². The first-order valence-corrected chi connectivity index (χ1v) is 19.0. The van der Waals surface area contributed by atoms with Crippen LogP contribution in [0.2, 0.25) is 0 Å². The normalized spacial score (nSPS) is 12.2.